The van der Waals surface area contributed by atoms with Crippen molar-refractivity contribution < 1.29 is 5.11 Å². The Morgan fingerprint density at radius 2 is 1.67 bits per heavy atom. The van der Waals surface area contributed by atoms with Gasteiger partial charge in [0.25, 0.3) is 0 Å². The zero-order valence-electron chi connectivity index (χ0n) is 13.1. The minimum atomic E-state index is 0.280. The van der Waals surface area contributed by atoms with Gasteiger partial charge in [-0.25, -0.2) is 4.68 Å². The van der Waals surface area contributed by atoms with Crippen LogP contribution in [0.2, 0.25) is 0 Å². The second-order valence-corrected chi connectivity index (χ2v) is 5.39. The summed E-state index contributed by atoms with van der Waals surface area (Å²) < 4.78 is 1.83. The minimum absolute atomic E-state index is 0.280. The van der Waals surface area contributed by atoms with Crippen LogP contribution in [0.1, 0.15) is 17.5 Å². The van der Waals surface area contributed by atoms with Crippen LogP contribution >= 0.6 is 0 Å². The van der Waals surface area contributed by atoms with Crippen LogP contribution < -0.4 is 5.01 Å². The van der Waals surface area contributed by atoms with E-state index in [2.05, 4.69) is 21.3 Å². The zero-order chi connectivity index (χ0) is 16.8. The van der Waals surface area contributed by atoms with Gasteiger partial charge in [-0.05, 0) is 54.8 Å². The third kappa shape index (κ3) is 3.70. The number of aromatic hydroxyl groups is 1. The molecule has 0 amide bonds. The first-order valence-electron chi connectivity index (χ1n) is 7.67. The molecule has 0 aliphatic rings. The first-order valence-corrected chi connectivity index (χ1v) is 7.67. The Kier molecular flexibility index (Phi) is 4.73. The number of anilines is 1. The number of hydrogen-bond acceptors (Lipinski definition) is 5. The molecule has 0 spiro atoms. The van der Waals surface area contributed by atoms with E-state index in [4.69, 9.17) is 5.26 Å². The van der Waals surface area contributed by atoms with Gasteiger partial charge in [0.15, 0.2) is 0 Å². The predicted octanol–water partition coefficient (Wildman–Crippen LogP) is 2.76. The van der Waals surface area contributed by atoms with Crippen molar-refractivity contribution in [3.05, 3.63) is 72.3 Å². The first-order chi connectivity index (χ1) is 11.8. The quantitative estimate of drug-likeness (QED) is 0.756. The number of phenols is 1. The van der Waals surface area contributed by atoms with E-state index in [0.717, 1.165) is 25.1 Å². The molecule has 0 fully saturated rings. The van der Waals surface area contributed by atoms with Gasteiger partial charge in [0.05, 0.1) is 17.3 Å². The Morgan fingerprint density at radius 1 is 1.00 bits per heavy atom. The van der Waals surface area contributed by atoms with Crippen molar-refractivity contribution in [1.82, 2.24) is 14.9 Å². The Labute approximate surface area is 140 Å². The predicted molar refractivity (Wildman–Crippen MR) is 90.4 cm³/mol. The normalized spacial score (nSPS) is 10.3. The molecule has 1 N–H and O–H groups in total. The van der Waals surface area contributed by atoms with E-state index < -0.39 is 0 Å². The fourth-order valence-corrected chi connectivity index (χ4v) is 2.50. The number of phenolic OH excluding ortho intramolecular Hbond substituents is 1. The molecule has 0 radical (unpaired) electrons. The van der Waals surface area contributed by atoms with Gasteiger partial charge in [-0.2, -0.15) is 5.26 Å². The summed E-state index contributed by atoms with van der Waals surface area (Å²) in [5.74, 6) is 0.280. The molecule has 0 unspecified atom stereocenters. The summed E-state index contributed by atoms with van der Waals surface area (Å²) in [6.45, 7) is 0.769. The molecule has 120 valence electrons. The fraction of sp³-hybridized carbons (Fsp3) is 0.167. The monoisotopic (exact) mass is 319 g/mol. The first kappa shape index (κ1) is 15.6. The van der Waals surface area contributed by atoms with Crippen LogP contribution in [0, 0.1) is 11.3 Å². The highest BCUT2D eigenvalue weighted by Gasteiger charge is 2.09. The fourth-order valence-electron chi connectivity index (χ4n) is 2.50. The van der Waals surface area contributed by atoms with E-state index in [-0.39, 0.29) is 5.75 Å². The maximum absolute atomic E-state index is 9.34. The van der Waals surface area contributed by atoms with E-state index in [0.29, 0.717) is 5.56 Å². The Morgan fingerprint density at radius 3 is 2.29 bits per heavy atom. The molecule has 0 aliphatic heterocycles. The maximum atomic E-state index is 9.34. The van der Waals surface area contributed by atoms with E-state index in [1.807, 2.05) is 28.9 Å². The number of nitrogens with zero attached hydrogens (tertiary/aromatic N) is 5. The molecule has 2 aromatic carbocycles. The van der Waals surface area contributed by atoms with Gasteiger partial charge in [-0.1, -0.05) is 12.1 Å². The third-order valence-corrected chi connectivity index (χ3v) is 3.75. The smallest absolute Gasteiger partial charge is 0.139 e. The van der Waals surface area contributed by atoms with Gasteiger partial charge in [0.1, 0.15) is 18.4 Å². The molecular weight excluding hydrogens is 302 g/mol. The largest absolute Gasteiger partial charge is 0.508 e. The highest BCUT2D eigenvalue weighted by Crippen LogP contribution is 2.17. The maximum Gasteiger partial charge on any atom is 0.139 e. The molecular formula is C18H17N5O. The molecule has 0 atom stereocenters. The van der Waals surface area contributed by atoms with E-state index >= 15 is 0 Å². The molecule has 1 heterocycles. The number of benzene rings is 2. The molecule has 0 bridgehead atoms. The van der Waals surface area contributed by atoms with Crippen molar-refractivity contribution in [2.24, 2.45) is 0 Å². The van der Waals surface area contributed by atoms with Gasteiger partial charge < -0.3 is 5.11 Å². The molecule has 3 aromatic rings. The van der Waals surface area contributed by atoms with Crippen LogP contribution in [-0.4, -0.2) is 26.5 Å². The molecule has 0 saturated carbocycles. The highest BCUT2D eigenvalue weighted by molar-refractivity contribution is 5.49. The topological polar surface area (TPSA) is 78.0 Å². The lowest BCUT2D eigenvalue weighted by Gasteiger charge is -2.25. The summed E-state index contributed by atoms with van der Waals surface area (Å²) in [5, 5.41) is 28.1. The van der Waals surface area contributed by atoms with Crippen LogP contribution in [0.4, 0.5) is 5.69 Å². The van der Waals surface area contributed by atoms with Crippen molar-refractivity contribution in [2.45, 2.75) is 12.8 Å². The Balaban J connectivity index is 1.71. The number of nitriles is 1. The Hall–Kier alpha value is -3.33. The molecule has 6 heteroatoms. The van der Waals surface area contributed by atoms with Crippen molar-refractivity contribution in [3.8, 4) is 11.8 Å². The molecule has 24 heavy (non-hydrogen) atoms. The summed E-state index contributed by atoms with van der Waals surface area (Å²) in [6.07, 6.45) is 5.12. The summed E-state index contributed by atoms with van der Waals surface area (Å²) in [6, 6.07) is 16.8. The van der Waals surface area contributed by atoms with Gasteiger partial charge in [-0.3, -0.25) is 5.01 Å². The highest BCUT2D eigenvalue weighted by atomic mass is 16.3. The van der Waals surface area contributed by atoms with Crippen LogP contribution in [0.25, 0.3) is 0 Å². The average Bonchev–Trinajstić information content (AvgIpc) is 3.15. The standard InChI is InChI=1S/C18H17N5O/c19-12-16-3-7-17(8-4-16)23(22-13-20-21-14-22)11-1-2-15-5-9-18(24)10-6-15/h3-10,13-14,24H,1-2,11H2. The zero-order valence-corrected chi connectivity index (χ0v) is 13.1. The van der Waals surface area contributed by atoms with Gasteiger partial charge in [0, 0.05) is 6.54 Å². The molecule has 6 nitrogen and oxygen atoms in total. The molecule has 3 rings (SSSR count). The number of hydrogen-bond donors (Lipinski definition) is 1. The summed E-state index contributed by atoms with van der Waals surface area (Å²) in [5.41, 5.74) is 2.78. The number of aryl methyl sites for hydroxylation is 1. The summed E-state index contributed by atoms with van der Waals surface area (Å²) in [7, 11) is 0. The minimum Gasteiger partial charge on any atom is -0.508 e. The number of aromatic nitrogens is 3. The second-order valence-electron chi connectivity index (χ2n) is 5.39. The Bertz CT molecular complexity index is 804. The van der Waals surface area contributed by atoms with E-state index in [1.54, 1.807) is 36.9 Å². The summed E-state index contributed by atoms with van der Waals surface area (Å²) in [4.78, 5) is 0. The molecule has 0 saturated heterocycles. The lowest BCUT2D eigenvalue weighted by Crippen LogP contribution is -2.29. The van der Waals surface area contributed by atoms with E-state index in [9.17, 15) is 5.11 Å². The third-order valence-electron chi connectivity index (χ3n) is 3.75. The van der Waals surface area contributed by atoms with Crippen LogP contribution in [0.5, 0.6) is 5.75 Å². The SMILES string of the molecule is N#Cc1ccc(N(CCCc2ccc(O)cc2)n2cnnc2)cc1. The molecule has 1 aromatic heterocycles. The van der Waals surface area contributed by atoms with Crippen LogP contribution in [0.15, 0.2) is 61.2 Å². The van der Waals surface area contributed by atoms with Crippen LogP contribution in [-0.2, 0) is 6.42 Å². The summed E-state index contributed by atoms with van der Waals surface area (Å²) >= 11 is 0. The van der Waals surface area contributed by atoms with Gasteiger partial charge in [-0.15, -0.1) is 10.2 Å². The van der Waals surface area contributed by atoms with E-state index in [1.165, 1.54) is 5.56 Å². The van der Waals surface area contributed by atoms with Crippen molar-refractivity contribution in [2.75, 3.05) is 11.6 Å². The molecule has 0 aliphatic carbocycles. The average molecular weight is 319 g/mol. The van der Waals surface area contributed by atoms with Gasteiger partial charge >= 0.3 is 0 Å². The van der Waals surface area contributed by atoms with Gasteiger partial charge in [0.2, 0.25) is 0 Å². The second kappa shape index (κ2) is 7.29. The lowest BCUT2D eigenvalue weighted by atomic mass is 10.1. The number of rotatable bonds is 6. The lowest BCUT2D eigenvalue weighted by molar-refractivity contribution is 0.475. The van der Waals surface area contributed by atoms with Crippen molar-refractivity contribution in [1.29, 1.82) is 5.26 Å². The van der Waals surface area contributed by atoms with Crippen LogP contribution in [0.3, 0.4) is 0 Å². The van der Waals surface area contributed by atoms with Crippen molar-refractivity contribution >= 4 is 5.69 Å². The van der Waals surface area contributed by atoms with Crippen molar-refractivity contribution in [3.63, 3.8) is 0 Å².